The predicted molar refractivity (Wildman–Crippen MR) is 88.9 cm³/mol. The first kappa shape index (κ1) is 18.5. The van der Waals surface area contributed by atoms with Crippen LogP contribution in [0.15, 0.2) is 54.6 Å². The summed E-state index contributed by atoms with van der Waals surface area (Å²) in [5.41, 5.74) is 1.72. The number of benzene rings is 2. The molecule has 0 aromatic heterocycles. The number of Topliss-reactive ketones (excluding diaryl/α,β-unsaturated/α-hetero) is 1. The lowest BCUT2D eigenvalue weighted by atomic mass is 9.95. The molecule has 3 rings (SSSR count). The van der Waals surface area contributed by atoms with Gasteiger partial charge >= 0.3 is 0 Å². The van der Waals surface area contributed by atoms with Crippen LogP contribution in [0.4, 0.5) is 0 Å². The number of hydrogen-bond acceptors (Lipinski definition) is 4. The van der Waals surface area contributed by atoms with E-state index in [9.17, 15) is 4.79 Å². The molecule has 1 heterocycles. The highest BCUT2D eigenvalue weighted by Crippen LogP contribution is 2.26. The molecule has 2 aromatic rings. The van der Waals surface area contributed by atoms with E-state index >= 15 is 0 Å². The molecule has 2 aromatic carbocycles. The van der Waals surface area contributed by atoms with Crippen molar-refractivity contribution in [1.82, 2.24) is 4.90 Å². The number of hydrogen-bond donors (Lipinski definition) is 0. The predicted octanol–water partition coefficient (Wildman–Crippen LogP) is -0.0446. The Hall–Kier alpha value is -1.88. The second-order valence-electron chi connectivity index (χ2n) is 5.55. The van der Waals surface area contributed by atoms with Crippen LogP contribution in [0, 0.1) is 0 Å². The topological polar surface area (TPSA) is 38.8 Å². The standard InChI is InChI=1S/C19H21NO3.ClH/c1-22-17-9-7-16(8-10-17)19(21)18(15-5-3-2-4-6-15)20-11-13-23-14-12-20;/h2-10,18H,11-14H2,1H3;1H/p-1. The maximum atomic E-state index is 13.1. The Balaban J connectivity index is 0.00000208. The van der Waals surface area contributed by atoms with Crippen LogP contribution in [0.3, 0.4) is 0 Å². The third-order valence-electron chi connectivity index (χ3n) is 4.15. The lowest BCUT2D eigenvalue weighted by molar-refractivity contribution is -0.0000257. The van der Waals surface area contributed by atoms with Crippen molar-refractivity contribution >= 4 is 5.78 Å². The van der Waals surface area contributed by atoms with Crippen molar-refractivity contribution in [2.75, 3.05) is 33.4 Å². The van der Waals surface area contributed by atoms with E-state index < -0.39 is 0 Å². The highest BCUT2D eigenvalue weighted by atomic mass is 35.5. The average Bonchev–Trinajstić information content (AvgIpc) is 2.64. The van der Waals surface area contributed by atoms with Crippen molar-refractivity contribution in [1.29, 1.82) is 0 Å². The van der Waals surface area contributed by atoms with Crippen LogP contribution in [0.5, 0.6) is 5.75 Å². The molecule has 24 heavy (non-hydrogen) atoms. The number of carbonyl (C=O) groups is 1. The van der Waals surface area contributed by atoms with Crippen molar-refractivity contribution in [3.63, 3.8) is 0 Å². The molecule has 0 bridgehead atoms. The molecule has 1 unspecified atom stereocenters. The van der Waals surface area contributed by atoms with Crippen LogP contribution in [0.1, 0.15) is 22.0 Å². The van der Waals surface area contributed by atoms with E-state index in [4.69, 9.17) is 9.47 Å². The zero-order valence-electron chi connectivity index (χ0n) is 13.7. The minimum atomic E-state index is -0.270. The van der Waals surface area contributed by atoms with E-state index in [1.165, 1.54) is 0 Å². The molecule has 1 saturated heterocycles. The van der Waals surface area contributed by atoms with Crippen LogP contribution < -0.4 is 17.1 Å². The van der Waals surface area contributed by atoms with Gasteiger partial charge in [0, 0.05) is 18.7 Å². The summed E-state index contributed by atoms with van der Waals surface area (Å²) in [7, 11) is 1.62. The van der Waals surface area contributed by atoms with E-state index in [0.717, 1.165) is 24.4 Å². The van der Waals surface area contributed by atoms with Gasteiger partial charge in [0.15, 0.2) is 5.78 Å². The smallest absolute Gasteiger partial charge is 0.184 e. The van der Waals surface area contributed by atoms with Gasteiger partial charge in [0.05, 0.1) is 26.4 Å². The van der Waals surface area contributed by atoms with Crippen LogP contribution in [-0.4, -0.2) is 44.1 Å². The van der Waals surface area contributed by atoms with Crippen molar-refractivity contribution in [2.45, 2.75) is 6.04 Å². The second kappa shape index (κ2) is 8.83. The zero-order valence-corrected chi connectivity index (χ0v) is 14.4. The summed E-state index contributed by atoms with van der Waals surface area (Å²) in [5, 5.41) is 0. The molecule has 0 amide bonds. The molecule has 0 N–H and O–H groups in total. The maximum absolute atomic E-state index is 13.1. The third-order valence-corrected chi connectivity index (χ3v) is 4.15. The molecule has 1 aliphatic heterocycles. The molecule has 4 nitrogen and oxygen atoms in total. The Morgan fingerprint density at radius 1 is 1.04 bits per heavy atom. The van der Waals surface area contributed by atoms with Crippen molar-refractivity contribution in [3.05, 3.63) is 65.7 Å². The normalized spacial score (nSPS) is 16.0. The average molecular weight is 347 g/mol. The first-order chi connectivity index (χ1) is 11.3. The van der Waals surface area contributed by atoms with Crippen molar-refractivity contribution < 1.29 is 26.7 Å². The van der Waals surface area contributed by atoms with Crippen molar-refractivity contribution in [3.8, 4) is 5.75 Å². The van der Waals surface area contributed by atoms with Gasteiger partial charge in [-0.3, -0.25) is 9.69 Å². The largest absolute Gasteiger partial charge is 1.00 e. The molecular weight excluding hydrogens is 326 g/mol. The van der Waals surface area contributed by atoms with Crippen LogP contribution in [-0.2, 0) is 4.74 Å². The molecule has 0 aliphatic carbocycles. The molecule has 0 spiro atoms. The van der Waals surface area contributed by atoms with Gasteiger partial charge in [-0.25, -0.2) is 0 Å². The Morgan fingerprint density at radius 2 is 1.67 bits per heavy atom. The van der Waals surface area contributed by atoms with Crippen LogP contribution >= 0.6 is 0 Å². The number of morpholine rings is 1. The Bertz CT molecular complexity index is 639. The SMILES string of the molecule is COc1ccc(C(=O)C(c2ccccc2)N2CCOCC2)cc1.[Cl-]. The van der Waals surface area contributed by atoms with Gasteiger partial charge in [-0.15, -0.1) is 0 Å². The molecule has 0 radical (unpaired) electrons. The fourth-order valence-electron chi connectivity index (χ4n) is 2.91. The quantitative estimate of drug-likeness (QED) is 0.712. The summed E-state index contributed by atoms with van der Waals surface area (Å²) >= 11 is 0. The third kappa shape index (κ3) is 4.15. The van der Waals surface area contributed by atoms with Crippen molar-refractivity contribution in [2.24, 2.45) is 0 Å². The van der Waals surface area contributed by atoms with Gasteiger partial charge in [-0.2, -0.15) is 0 Å². The second-order valence-corrected chi connectivity index (χ2v) is 5.55. The highest BCUT2D eigenvalue weighted by molar-refractivity contribution is 6.00. The lowest BCUT2D eigenvalue weighted by Gasteiger charge is -2.33. The van der Waals surface area contributed by atoms with Gasteiger partial charge < -0.3 is 21.9 Å². The number of rotatable bonds is 5. The van der Waals surface area contributed by atoms with Gasteiger partial charge in [0.2, 0.25) is 0 Å². The minimum absolute atomic E-state index is 0. The first-order valence-corrected chi connectivity index (χ1v) is 7.84. The van der Waals surface area contributed by atoms with Gasteiger partial charge in [0.25, 0.3) is 0 Å². The van der Waals surface area contributed by atoms with Gasteiger partial charge in [-0.1, -0.05) is 30.3 Å². The van der Waals surface area contributed by atoms with Gasteiger partial charge in [-0.05, 0) is 29.8 Å². The van der Waals surface area contributed by atoms with E-state index in [2.05, 4.69) is 4.90 Å². The van der Waals surface area contributed by atoms with E-state index in [1.807, 2.05) is 54.6 Å². The molecule has 128 valence electrons. The van der Waals surface area contributed by atoms with Gasteiger partial charge in [0.1, 0.15) is 5.75 Å². The van der Waals surface area contributed by atoms with Crippen LogP contribution in [0.25, 0.3) is 0 Å². The molecule has 1 atom stereocenters. The summed E-state index contributed by atoms with van der Waals surface area (Å²) in [6, 6.07) is 17.0. The Kier molecular flexibility index (Phi) is 6.79. The summed E-state index contributed by atoms with van der Waals surface area (Å²) in [5.74, 6) is 0.866. The number of nitrogens with zero attached hydrogens (tertiary/aromatic N) is 1. The fourth-order valence-corrected chi connectivity index (χ4v) is 2.91. The number of ether oxygens (including phenoxy) is 2. The van der Waals surface area contributed by atoms with E-state index in [0.29, 0.717) is 18.8 Å². The zero-order chi connectivity index (χ0) is 16.1. The molecule has 5 heteroatoms. The monoisotopic (exact) mass is 346 g/mol. The molecular formula is C19H21ClNO3-. The van der Waals surface area contributed by atoms with E-state index in [-0.39, 0.29) is 24.2 Å². The van der Waals surface area contributed by atoms with E-state index in [1.54, 1.807) is 7.11 Å². The Labute approximate surface area is 148 Å². The lowest BCUT2D eigenvalue weighted by Crippen LogP contribution is -3.00. The summed E-state index contributed by atoms with van der Waals surface area (Å²) in [6.45, 7) is 2.86. The fraction of sp³-hybridized carbons (Fsp3) is 0.316. The molecule has 0 saturated carbocycles. The minimum Gasteiger partial charge on any atom is -1.00 e. The highest BCUT2D eigenvalue weighted by Gasteiger charge is 2.29. The first-order valence-electron chi connectivity index (χ1n) is 7.84. The number of halogens is 1. The van der Waals surface area contributed by atoms with Crippen LogP contribution in [0.2, 0.25) is 0 Å². The number of ketones is 1. The maximum Gasteiger partial charge on any atom is 0.184 e. The number of methoxy groups -OCH3 is 1. The summed E-state index contributed by atoms with van der Waals surface area (Å²) in [4.78, 5) is 15.3. The number of carbonyl (C=O) groups excluding carboxylic acids is 1. The Morgan fingerprint density at radius 3 is 2.25 bits per heavy atom. The summed E-state index contributed by atoms with van der Waals surface area (Å²) in [6.07, 6.45) is 0. The molecule has 1 aliphatic rings. The summed E-state index contributed by atoms with van der Waals surface area (Å²) < 4.78 is 10.6. The molecule has 1 fully saturated rings.